The molecule has 0 aliphatic rings. The van der Waals surface area contributed by atoms with Gasteiger partial charge in [0.1, 0.15) is 11.5 Å². The summed E-state index contributed by atoms with van der Waals surface area (Å²) in [5.41, 5.74) is 0.917. The van der Waals surface area contributed by atoms with Crippen LogP contribution >= 0.6 is 15.9 Å². The lowest BCUT2D eigenvalue weighted by Crippen LogP contribution is -2.34. The topological polar surface area (TPSA) is 73.9 Å². The first kappa shape index (κ1) is 18.8. The van der Waals surface area contributed by atoms with E-state index < -0.39 is 17.9 Å². The molecule has 1 unspecified atom stereocenters. The molecule has 25 heavy (non-hydrogen) atoms. The molecule has 0 aliphatic carbocycles. The molecule has 0 saturated heterocycles. The van der Waals surface area contributed by atoms with Crippen LogP contribution in [0.15, 0.2) is 46.9 Å². The van der Waals surface area contributed by atoms with Gasteiger partial charge >= 0.3 is 5.97 Å². The van der Waals surface area contributed by atoms with Gasteiger partial charge in [-0.3, -0.25) is 4.79 Å². The van der Waals surface area contributed by atoms with E-state index in [0.29, 0.717) is 22.6 Å². The Morgan fingerprint density at radius 3 is 2.00 bits per heavy atom. The van der Waals surface area contributed by atoms with Crippen LogP contribution in [-0.4, -0.2) is 33.2 Å². The molecule has 0 bridgehead atoms. The molecule has 1 N–H and O–H groups in total. The van der Waals surface area contributed by atoms with Crippen LogP contribution in [0.4, 0.5) is 0 Å². The molecule has 132 valence electrons. The minimum absolute atomic E-state index is 0.308. The summed E-state index contributed by atoms with van der Waals surface area (Å²) in [4.78, 5) is 24.7. The summed E-state index contributed by atoms with van der Waals surface area (Å²) in [7, 11) is 4.26. The van der Waals surface area contributed by atoms with Crippen LogP contribution in [0.5, 0.6) is 11.5 Å². The van der Waals surface area contributed by atoms with E-state index in [1.807, 2.05) is 0 Å². The zero-order valence-corrected chi connectivity index (χ0v) is 15.6. The molecule has 2 aromatic carbocycles. The third-order valence-corrected chi connectivity index (χ3v) is 4.06. The molecular weight excluding hydrogens is 390 g/mol. The van der Waals surface area contributed by atoms with Gasteiger partial charge in [-0.1, -0.05) is 28.1 Å². The fourth-order valence-corrected chi connectivity index (χ4v) is 2.47. The summed E-state index contributed by atoms with van der Waals surface area (Å²) < 4.78 is 16.0. The summed E-state index contributed by atoms with van der Waals surface area (Å²) in [5.74, 6) is -0.0634. The van der Waals surface area contributed by atoms with Crippen molar-refractivity contribution in [1.82, 2.24) is 5.32 Å². The highest BCUT2D eigenvalue weighted by molar-refractivity contribution is 9.10. The van der Waals surface area contributed by atoms with Crippen LogP contribution in [0.25, 0.3) is 0 Å². The minimum atomic E-state index is -0.928. The quantitative estimate of drug-likeness (QED) is 0.744. The largest absolute Gasteiger partial charge is 0.497 e. The SMILES string of the molecule is COC(=O)C(NC(=O)c1cc(OC)cc(OC)c1)c1ccc(Br)cc1. The maximum atomic E-state index is 12.6. The van der Waals surface area contributed by atoms with Crippen molar-refractivity contribution >= 4 is 27.8 Å². The van der Waals surface area contributed by atoms with Gasteiger partial charge in [0.25, 0.3) is 5.91 Å². The Kier molecular flexibility index (Phi) is 6.41. The number of carbonyl (C=O) groups is 2. The number of rotatable bonds is 6. The van der Waals surface area contributed by atoms with Crippen molar-refractivity contribution in [2.75, 3.05) is 21.3 Å². The van der Waals surface area contributed by atoms with Gasteiger partial charge in [-0.05, 0) is 29.8 Å². The summed E-state index contributed by atoms with van der Waals surface area (Å²) in [6.07, 6.45) is 0. The molecule has 0 spiro atoms. The lowest BCUT2D eigenvalue weighted by atomic mass is 10.1. The zero-order valence-electron chi connectivity index (χ0n) is 14.0. The van der Waals surface area contributed by atoms with E-state index in [0.717, 1.165) is 4.47 Å². The molecule has 2 aromatic rings. The average molecular weight is 408 g/mol. The van der Waals surface area contributed by atoms with E-state index in [1.165, 1.54) is 21.3 Å². The van der Waals surface area contributed by atoms with E-state index in [-0.39, 0.29) is 0 Å². The van der Waals surface area contributed by atoms with Gasteiger partial charge in [-0.2, -0.15) is 0 Å². The van der Waals surface area contributed by atoms with Gasteiger partial charge in [-0.15, -0.1) is 0 Å². The van der Waals surface area contributed by atoms with Crippen LogP contribution in [0.1, 0.15) is 22.0 Å². The van der Waals surface area contributed by atoms with Crippen LogP contribution < -0.4 is 14.8 Å². The van der Waals surface area contributed by atoms with Crippen molar-refractivity contribution in [3.63, 3.8) is 0 Å². The standard InChI is InChI=1S/C18H18BrNO5/c1-23-14-8-12(9-15(10-14)24-2)17(21)20-16(18(22)25-3)11-4-6-13(19)7-5-11/h4-10,16H,1-3H3,(H,20,21). The molecule has 7 heteroatoms. The fourth-order valence-electron chi connectivity index (χ4n) is 2.20. The molecule has 1 amide bonds. The second kappa shape index (κ2) is 8.53. The second-order valence-electron chi connectivity index (χ2n) is 5.08. The van der Waals surface area contributed by atoms with Gasteiger partial charge in [0.2, 0.25) is 0 Å². The van der Waals surface area contributed by atoms with Crippen LogP contribution in [0.3, 0.4) is 0 Å². The predicted molar refractivity (Wildman–Crippen MR) is 95.9 cm³/mol. The van der Waals surface area contributed by atoms with Crippen molar-refractivity contribution in [3.8, 4) is 11.5 Å². The number of hydrogen-bond acceptors (Lipinski definition) is 5. The molecule has 0 aliphatic heterocycles. The predicted octanol–water partition coefficient (Wildman–Crippen LogP) is 3.11. The molecule has 2 rings (SSSR count). The van der Waals surface area contributed by atoms with E-state index in [9.17, 15) is 9.59 Å². The Hall–Kier alpha value is -2.54. The zero-order chi connectivity index (χ0) is 18.4. The third-order valence-electron chi connectivity index (χ3n) is 3.53. The monoisotopic (exact) mass is 407 g/mol. The minimum Gasteiger partial charge on any atom is -0.497 e. The summed E-state index contributed by atoms with van der Waals surface area (Å²) >= 11 is 3.34. The number of nitrogens with one attached hydrogen (secondary N) is 1. The Morgan fingerprint density at radius 2 is 1.52 bits per heavy atom. The number of hydrogen-bond donors (Lipinski definition) is 1. The van der Waals surface area contributed by atoms with Crippen LogP contribution in [-0.2, 0) is 9.53 Å². The van der Waals surface area contributed by atoms with Crippen molar-refractivity contribution in [1.29, 1.82) is 0 Å². The van der Waals surface area contributed by atoms with Gasteiger partial charge in [0.15, 0.2) is 6.04 Å². The van der Waals surface area contributed by atoms with Crippen molar-refractivity contribution in [2.45, 2.75) is 6.04 Å². The molecule has 1 atom stereocenters. The number of esters is 1. The number of carbonyl (C=O) groups excluding carboxylic acids is 2. The third kappa shape index (κ3) is 4.73. The average Bonchev–Trinajstić information content (AvgIpc) is 2.65. The highest BCUT2D eigenvalue weighted by Crippen LogP contribution is 2.24. The number of ether oxygens (including phenoxy) is 3. The Balaban J connectivity index is 2.31. The van der Waals surface area contributed by atoms with E-state index in [4.69, 9.17) is 14.2 Å². The Morgan fingerprint density at radius 1 is 0.960 bits per heavy atom. The molecular formula is C18H18BrNO5. The van der Waals surface area contributed by atoms with Crippen LogP contribution in [0.2, 0.25) is 0 Å². The van der Waals surface area contributed by atoms with Gasteiger partial charge in [-0.25, -0.2) is 4.79 Å². The first-order chi connectivity index (χ1) is 12.0. The van der Waals surface area contributed by atoms with Crippen molar-refractivity contribution in [2.24, 2.45) is 0 Å². The molecule has 0 fully saturated rings. The first-order valence-electron chi connectivity index (χ1n) is 7.35. The van der Waals surface area contributed by atoms with Crippen molar-refractivity contribution < 1.29 is 23.8 Å². The van der Waals surface area contributed by atoms with Gasteiger partial charge in [0, 0.05) is 16.1 Å². The maximum Gasteiger partial charge on any atom is 0.333 e. The number of amides is 1. The number of methoxy groups -OCH3 is 3. The second-order valence-corrected chi connectivity index (χ2v) is 6.00. The van der Waals surface area contributed by atoms with Gasteiger partial charge in [0.05, 0.1) is 21.3 Å². The molecule has 0 aromatic heterocycles. The molecule has 0 radical (unpaired) electrons. The maximum absolute atomic E-state index is 12.6. The summed E-state index contributed by atoms with van der Waals surface area (Å²) in [6, 6.07) is 10.9. The fraction of sp³-hybridized carbons (Fsp3) is 0.222. The Labute approximate surface area is 154 Å². The lowest BCUT2D eigenvalue weighted by Gasteiger charge is -2.17. The lowest BCUT2D eigenvalue weighted by molar-refractivity contribution is -0.143. The van der Waals surface area contributed by atoms with E-state index in [1.54, 1.807) is 42.5 Å². The smallest absolute Gasteiger partial charge is 0.333 e. The number of benzene rings is 2. The Bertz CT molecular complexity index is 738. The van der Waals surface area contributed by atoms with Crippen molar-refractivity contribution in [3.05, 3.63) is 58.1 Å². The molecule has 6 nitrogen and oxygen atoms in total. The van der Waals surface area contributed by atoms with E-state index >= 15 is 0 Å². The highest BCUT2D eigenvalue weighted by Gasteiger charge is 2.24. The van der Waals surface area contributed by atoms with E-state index in [2.05, 4.69) is 21.2 Å². The molecule has 0 heterocycles. The van der Waals surface area contributed by atoms with Crippen LogP contribution in [0, 0.1) is 0 Å². The van der Waals surface area contributed by atoms with Gasteiger partial charge < -0.3 is 19.5 Å². The first-order valence-corrected chi connectivity index (χ1v) is 8.15. The normalized spacial score (nSPS) is 11.4. The summed E-state index contributed by atoms with van der Waals surface area (Å²) in [5, 5.41) is 2.68. The summed E-state index contributed by atoms with van der Waals surface area (Å²) in [6.45, 7) is 0. The highest BCUT2D eigenvalue weighted by atomic mass is 79.9. The number of halogens is 1. The molecule has 0 saturated carbocycles.